The van der Waals surface area contributed by atoms with Crippen LogP contribution >= 0.6 is 0 Å². The molecular formula is C16H22O. The van der Waals surface area contributed by atoms with E-state index < -0.39 is 0 Å². The zero-order valence-electron chi connectivity index (χ0n) is 10.7. The molecule has 0 heterocycles. The third kappa shape index (κ3) is 3.18. The van der Waals surface area contributed by atoms with Crippen molar-refractivity contribution in [1.29, 1.82) is 0 Å². The Morgan fingerprint density at radius 2 is 1.65 bits per heavy atom. The van der Waals surface area contributed by atoms with E-state index >= 15 is 0 Å². The van der Waals surface area contributed by atoms with Gasteiger partial charge in [-0.15, -0.1) is 0 Å². The molecule has 1 saturated carbocycles. The smallest absolute Gasteiger partial charge is 0.165 e. The lowest BCUT2D eigenvalue weighted by Gasteiger charge is -2.21. The van der Waals surface area contributed by atoms with E-state index in [1.54, 1.807) is 0 Å². The normalized spacial score (nSPS) is 19.6. The summed E-state index contributed by atoms with van der Waals surface area (Å²) in [7, 11) is 0. The molecule has 1 atom stereocenters. The van der Waals surface area contributed by atoms with E-state index in [1.165, 1.54) is 38.5 Å². The molecule has 1 nitrogen and oxygen atoms in total. The second kappa shape index (κ2) is 6.00. The van der Waals surface area contributed by atoms with Gasteiger partial charge in [-0.25, -0.2) is 0 Å². The SMILES string of the molecule is CC(C(=O)c1ccccc1)C1CCCCCC1. The van der Waals surface area contributed by atoms with Crippen LogP contribution in [-0.2, 0) is 0 Å². The summed E-state index contributed by atoms with van der Waals surface area (Å²) in [6, 6.07) is 9.75. The van der Waals surface area contributed by atoms with Gasteiger partial charge in [-0.1, -0.05) is 62.9 Å². The third-order valence-corrected chi connectivity index (χ3v) is 4.08. The van der Waals surface area contributed by atoms with Crippen LogP contribution < -0.4 is 0 Å². The van der Waals surface area contributed by atoms with Crippen molar-refractivity contribution >= 4 is 5.78 Å². The number of rotatable bonds is 3. The Hall–Kier alpha value is -1.11. The molecule has 1 aliphatic carbocycles. The molecule has 17 heavy (non-hydrogen) atoms. The standard InChI is InChI=1S/C16H22O/c1-13(14-9-5-2-3-6-10-14)16(17)15-11-7-4-8-12-15/h4,7-8,11-14H,2-3,5-6,9-10H2,1H3. The van der Waals surface area contributed by atoms with Gasteiger partial charge in [0.1, 0.15) is 0 Å². The fourth-order valence-electron chi connectivity index (χ4n) is 2.89. The zero-order valence-corrected chi connectivity index (χ0v) is 10.7. The van der Waals surface area contributed by atoms with Gasteiger partial charge in [0.25, 0.3) is 0 Å². The van der Waals surface area contributed by atoms with E-state index in [-0.39, 0.29) is 5.92 Å². The van der Waals surface area contributed by atoms with Gasteiger partial charge in [0.05, 0.1) is 0 Å². The molecule has 0 N–H and O–H groups in total. The van der Waals surface area contributed by atoms with Crippen molar-refractivity contribution in [3.05, 3.63) is 35.9 Å². The van der Waals surface area contributed by atoms with Crippen LogP contribution in [0.1, 0.15) is 55.8 Å². The monoisotopic (exact) mass is 230 g/mol. The van der Waals surface area contributed by atoms with Gasteiger partial charge < -0.3 is 0 Å². The summed E-state index contributed by atoms with van der Waals surface area (Å²) in [6.45, 7) is 2.12. The van der Waals surface area contributed by atoms with Crippen molar-refractivity contribution in [1.82, 2.24) is 0 Å². The highest BCUT2D eigenvalue weighted by Crippen LogP contribution is 2.30. The molecule has 1 unspecified atom stereocenters. The zero-order chi connectivity index (χ0) is 12.1. The molecule has 1 heteroatoms. The predicted molar refractivity (Wildman–Crippen MR) is 71.1 cm³/mol. The number of ketones is 1. The van der Waals surface area contributed by atoms with Gasteiger partial charge in [-0.3, -0.25) is 4.79 Å². The molecule has 0 aromatic heterocycles. The number of hydrogen-bond donors (Lipinski definition) is 0. The lowest BCUT2D eigenvalue weighted by molar-refractivity contribution is 0.0877. The van der Waals surface area contributed by atoms with Crippen molar-refractivity contribution in [2.45, 2.75) is 45.4 Å². The van der Waals surface area contributed by atoms with E-state index in [2.05, 4.69) is 6.92 Å². The van der Waals surface area contributed by atoms with E-state index in [1.807, 2.05) is 30.3 Å². The van der Waals surface area contributed by atoms with E-state index in [9.17, 15) is 4.79 Å². The molecule has 1 aliphatic rings. The highest BCUT2D eigenvalue weighted by atomic mass is 16.1. The Balaban J connectivity index is 2.03. The molecule has 0 amide bonds. The molecule has 0 saturated heterocycles. The number of Topliss-reactive ketones (excluding diaryl/α,β-unsaturated/α-hetero) is 1. The van der Waals surface area contributed by atoms with Crippen LogP contribution in [-0.4, -0.2) is 5.78 Å². The summed E-state index contributed by atoms with van der Waals surface area (Å²) in [5.41, 5.74) is 0.879. The summed E-state index contributed by atoms with van der Waals surface area (Å²) in [4.78, 5) is 12.4. The van der Waals surface area contributed by atoms with Crippen molar-refractivity contribution in [2.75, 3.05) is 0 Å². The Morgan fingerprint density at radius 3 is 2.24 bits per heavy atom. The number of hydrogen-bond acceptors (Lipinski definition) is 1. The molecule has 2 rings (SSSR count). The van der Waals surface area contributed by atoms with Gasteiger partial charge in [0.15, 0.2) is 5.78 Å². The molecule has 1 aromatic carbocycles. The van der Waals surface area contributed by atoms with E-state index in [0.717, 1.165) is 5.56 Å². The lowest BCUT2D eigenvalue weighted by Crippen LogP contribution is -2.20. The largest absolute Gasteiger partial charge is 0.294 e. The van der Waals surface area contributed by atoms with Crippen LogP contribution in [0.15, 0.2) is 30.3 Å². The first-order valence-electron chi connectivity index (χ1n) is 6.88. The predicted octanol–water partition coefficient (Wildman–Crippen LogP) is 4.48. The first-order chi connectivity index (χ1) is 8.29. The van der Waals surface area contributed by atoms with Gasteiger partial charge in [-0.05, 0) is 18.8 Å². The fourth-order valence-corrected chi connectivity index (χ4v) is 2.89. The van der Waals surface area contributed by atoms with Crippen molar-refractivity contribution < 1.29 is 4.79 Å². The molecule has 92 valence electrons. The van der Waals surface area contributed by atoms with Crippen molar-refractivity contribution in [3.8, 4) is 0 Å². The summed E-state index contributed by atoms with van der Waals surface area (Å²) in [5, 5.41) is 0. The number of carbonyl (C=O) groups is 1. The van der Waals surface area contributed by atoms with Gasteiger partial charge in [0, 0.05) is 11.5 Å². The second-order valence-corrected chi connectivity index (χ2v) is 5.27. The summed E-state index contributed by atoms with van der Waals surface area (Å²) in [5.74, 6) is 1.12. The minimum Gasteiger partial charge on any atom is -0.294 e. The van der Waals surface area contributed by atoms with Crippen molar-refractivity contribution in [2.24, 2.45) is 11.8 Å². The van der Waals surface area contributed by atoms with Crippen LogP contribution in [0.5, 0.6) is 0 Å². The fraction of sp³-hybridized carbons (Fsp3) is 0.562. The quantitative estimate of drug-likeness (QED) is 0.553. The number of carbonyl (C=O) groups excluding carboxylic acids is 1. The summed E-state index contributed by atoms with van der Waals surface area (Å²) in [6.07, 6.45) is 7.78. The molecule has 1 aromatic rings. The first kappa shape index (κ1) is 12.3. The average Bonchev–Trinajstić information content (AvgIpc) is 2.67. The van der Waals surface area contributed by atoms with Crippen LogP contribution in [0.25, 0.3) is 0 Å². The van der Waals surface area contributed by atoms with Gasteiger partial charge in [0.2, 0.25) is 0 Å². The van der Waals surface area contributed by atoms with Crippen LogP contribution in [0.3, 0.4) is 0 Å². The summed E-state index contributed by atoms with van der Waals surface area (Å²) >= 11 is 0. The lowest BCUT2D eigenvalue weighted by atomic mass is 9.82. The Morgan fingerprint density at radius 1 is 1.06 bits per heavy atom. The van der Waals surface area contributed by atoms with Gasteiger partial charge in [-0.2, -0.15) is 0 Å². The first-order valence-corrected chi connectivity index (χ1v) is 6.88. The third-order valence-electron chi connectivity index (χ3n) is 4.08. The Labute approximate surface area is 104 Å². The molecular weight excluding hydrogens is 208 g/mol. The maximum Gasteiger partial charge on any atom is 0.165 e. The molecule has 0 aliphatic heterocycles. The molecule has 0 bridgehead atoms. The maximum absolute atomic E-state index is 12.4. The van der Waals surface area contributed by atoms with E-state index in [0.29, 0.717) is 11.7 Å². The Kier molecular flexibility index (Phi) is 4.36. The highest BCUT2D eigenvalue weighted by molar-refractivity contribution is 5.97. The highest BCUT2D eigenvalue weighted by Gasteiger charge is 2.25. The average molecular weight is 230 g/mol. The van der Waals surface area contributed by atoms with Crippen LogP contribution in [0.4, 0.5) is 0 Å². The van der Waals surface area contributed by atoms with Crippen molar-refractivity contribution in [3.63, 3.8) is 0 Å². The second-order valence-electron chi connectivity index (χ2n) is 5.27. The molecule has 0 radical (unpaired) electrons. The molecule has 1 fully saturated rings. The summed E-state index contributed by atoms with van der Waals surface area (Å²) < 4.78 is 0. The minimum atomic E-state index is 0.190. The maximum atomic E-state index is 12.4. The Bertz CT molecular complexity index is 347. The van der Waals surface area contributed by atoms with Crippen LogP contribution in [0, 0.1) is 11.8 Å². The molecule has 0 spiro atoms. The van der Waals surface area contributed by atoms with E-state index in [4.69, 9.17) is 0 Å². The number of benzene rings is 1. The van der Waals surface area contributed by atoms with Gasteiger partial charge >= 0.3 is 0 Å². The van der Waals surface area contributed by atoms with Crippen LogP contribution in [0.2, 0.25) is 0 Å². The minimum absolute atomic E-state index is 0.190. The topological polar surface area (TPSA) is 17.1 Å².